The fraction of sp³-hybridized carbons (Fsp3) is 0.533. The van der Waals surface area contributed by atoms with Crippen LogP contribution in [0, 0.1) is 5.92 Å². The second-order valence-corrected chi connectivity index (χ2v) is 4.98. The van der Waals surface area contributed by atoms with E-state index in [0.717, 1.165) is 6.42 Å². The smallest absolute Gasteiger partial charge is 0.257 e. The van der Waals surface area contributed by atoms with Crippen LogP contribution in [0.3, 0.4) is 0 Å². The molecule has 4 heteroatoms. The topological polar surface area (TPSA) is 49.8 Å². The molecule has 1 amide bonds. The van der Waals surface area contributed by atoms with Crippen LogP contribution in [-0.4, -0.2) is 42.2 Å². The second-order valence-electron chi connectivity index (χ2n) is 4.98. The third-order valence-electron chi connectivity index (χ3n) is 3.84. The van der Waals surface area contributed by atoms with Gasteiger partial charge in [0.25, 0.3) is 5.91 Å². The Labute approximate surface area is 114 Å². The maximum Gasteiger partial charge on any atom is 0.257 e. The maximum absolute atomic E-state index is 12.5. The minimum atomic E-state index is -0.285. The van der Waals surface area contributed by atoms with Crippen LogP contribution in [-0.2, 0) is 0 Å². The molecule has 19 heavy (non-hydrogen) atoms. The first kappa shape index (κ1) is 13.9. The minimum absolute atomic E-state index is 0.0113. The summed E-state index contributed by atoms with van der Waals surface area (Å²) in [6.45, 7) is 3.27. The van der Waals surface area contributed by atoms with Crippen LogP contribution < -0.4 is 4.74 Å². The number of methoxy groups -OCH3 is 1. The molecule has 1 aromatic rings. The van der Waals surface area contributed by atoms with Gasteiger partial charge >= 0.3 is 0 Å². The van der Waals surface area contributed by atoms with Crippen molar-refractivity contribution in [2.24, 2.45) is 5.92 Å². The number of carbonyl (C=O) groups excluding carboxylic acids is 1. The third kappa shape index (κ3) is 2.89. The Bertz CT molecular complexity index is 447. The predicted octanol–water partition coefficient (Wildman–Crippen LogP) is 1.93. The van der Waals surface area contributed by atoms with Gasteiger partial charge in [0.1, 0.15) is 5.75 Å². The molecule has 1 saturated heterocycles. The molecule has 4 nitrogen and oxygen atoms in total. The lowest BCUT2D eigenvalue weighted by atomic mass is 9.92. The molecule has 104 valence electrons. The molecule has 0 radical (unpaired) electrons. The van der Waals surface area contributed by atoms with E-state index >= 15 is 0 Å². The number of hydrogen-bond donors (Lipinski definition) is 1. The van der Waals surface area contributed by atoms with Gasteiger partial charge in [-0.2, -0.15) is 0 Å². The molecule has 2 rings (SSSR count). The fourth-order valence-corrected chi connectivity index (χ4v) is 2.60. The van der Waals surface area contributed by atoms with E-state index < -0.39 is 0 Å². The molecule has 2 unspecified atom stereocenters. The fourth-order valence-electron chi connectivity index (χ4n) is 2.60. The number of aliphatic hydroxyl groups is 1. The molecule has 0 saturated carbocycles. The van der Waals surface area contributed by atoms with Crippen molar-refractivity contribution in [1.29, 1.82) is 0 Å². The summed E-state index contributed by atoms with van der Waals surface area (Å²) in [7, 11) is 1.57. The number of aliphatic hydroxyl groups excluding tert-OH is 1. The average Bonchev–Trinajstić information content (AvgIpc) is 2.47. The van der Waals surface area contributed by atoms with E-state index in [2.05, 4.69) is 0 Å². The summed E-state index contributed by atoms with van der Waals surface area (Å²) in [6, 6.07) is 7.27. The zero-order valence-electron chi connectivity index (χ0n) is 11.5. The Morgan fingerprint density at radius 3 is 2.89 bits per heavy atom. The van der Waals surface area contributed by atoms with E-state index in [1.165, 1.54) is 0 Å². The van der Waals surface area contributed by atoms with Gasteiger partial charge in [0.15, 0.2) is 0 Å². The van der Waals surface area contributed by atoms with Crippen LogP contribution in [0.25, 0.3) is 0 Å². The summed E-state index contributed by atoms with van der Waals surface area (Å²) in [5.41, 5.74) is 0.594. The lowest BCUT2D eigenvalue weighted by Gasteiger charge is -2.36. The van der Waals surface area contributed by atoms with Gasteiger partial charge in [-0.3, -0.25) is 4.79 Å². The molecule has 1 aliphatic rings. The normalized spacial score (nSPS) is 23.2. The van der Waals surface area contributed by atoms with Gasteiger partial charge in [-0.15, -0.1) is 0 Å². The third-order valence-corrected chi connectivity index (χ3v) is 3.84. The summed E-state index contributed by atoms with van der Waals surface area (Å²) < 4.78 is 5.23. The van der Waals surface area contributed by atoms with Crippen molar-refractivity contribution in [2.75, 3.05) is 20.2 Å². The number of amides is 1. The number of carbonyl (C=O) groups is 1. The van der Waals surface area contributed by atoms with Crippen LogP contribution >= 0.6 is 0 Å². The summed E-state index contributed by atoms with van der Waals surface area (Å²) in [5.74, 6) is 0.766. The standard InChI is InChI=1S/C15H21NO3/c1-3-11-10-16(9-8-13(11)17)15(18)12-6-4-5-7-14(12)19-2/h4-7,11,13,17H,3,8-10H2,1-2H3. The quantitative estimate of drug-likeness (QED) is 0.906. The van der Waals surface area contributed by atoms with Crippen molar-refractivity contribution in [3.63, 3.8) is 0 Å². The SMILES string of the molecule is CCC1CN(C(=O)c2ccccc2OC)CCC1O. The highest BCUT2D eigenvalue weighted by Gasteiger charge is 2.30. The number of piperidine rings is 1. The van der Waals surface area contributed by atoms with Crippen LogP contribution in [0.2, 0.25) is 0 Å². The summed E-state index contributed by atoms with van der Waals surface area (Å²) in [4.78, 5) is 14.3. The number of ether oxygens (including phenoxy) is 1. The number of benzene rings is 1. The Morgan fingerprint density at radius 1 is 1.47 bits per heavy atom. The monoisotopic (exact) mass is 263 g/mol. The van der Waals surface area contributed by atoms with Crippen molar-refractivity contribution in [2.45, 2.75) is 25.9 Å². The van der Waals surface area contributed by atoms with Gasteiger partial charge in [-0.05, 0) is 25.0 Å². The van der Waals surface area contributed by atoms with Crippen molar-refractivity contribution in [1.82, 2.24) is 4.90 Å². The Hall–Kier alpha value is -1.55. The van der Waals surface area contributed by atoms with Gasteiger partial charge in [0.05, 0.1) is 18.8 Å². The highest BCUT2D eigenvalue weighted by molar-refractivity contribution is 5.97. The molecule has 1 N–H and O–H groups in total. The molecule has 2 atom stereocenters. The van der Waals surface area contributed by atoms with Gasteiger partial charge in [-0.25, -0.2) is 0 Å². The van der Waals surface area contributed by atoms with E-state index in [1.54, 1.807) is 19.2 Å². The van der Waals surface area contributed by atoms with Crippen LogP contribution in [0.1, 0.15) is 30.1 Å². The number of para-hydroxylation sites is 1. The molecule has 1 heterocycles. The van der Waals surface area contributed by atoms with E-state index in [0.29, 0.717) is 30.8 Å². The lowest BCUT2D eigenvalue weighted by Crippen LogP contribution is -2.45. The first-order chi connectivity index (χ1) is 9.17. The van der Waals surface area contributed by atoms with E-state index in [-0.39, 0.29) is 17.9 Å². The summed E-state index contributed by atoms with van der Waals surface area (Å²) >= 11 is 0. The average molecular weight is 263 g/mol. The molecule has 0 spiro atoms. The Balaban J connectivity index is 2.15. The molecule has 1 aliphatic heterocycles. The number of hydrogen-bond acceptors (Lipinski definition) is 3. The highest BCUT2D eigenvalue weighted by Crippen LogP contribution is 2.24. The summed E-state index contributed by atoms with van der Waals surface area (Å²) in [6.07, 6.45) is 1.25. The first-order valence-corrected chi connectivity index (χ1v) is 6.77. The number of nitrogens with zero attached hydrogens (tertiary/aromatic N) is 1. The van der Waals surface area contributed by atoms with Gasteiger partial charge in [-0.1, -0.05) is 19.1 Å². The predicted molar refractivity (Wildman–Crippen MR) is 73.3 cm³/mol. The van der Waals surface area contributed by atoms with Gasteiger partial charge in [0, 0.05) is 19.0 Å². The molecular formula is C15H21NO3. The zero-order chi connectivity index (χ0) is 13.8. The Morgan fingerprint density at radius 2 is 2.21 bits per heavy atom. The maximum atomic E-state index is 12.5. The molecule has 0 bridgehead atoms. The molecular weight excluding hydrogens is 242 g/mol. The van der Waals surface area contributed by atoms with E-state index in [9.17, 15) is 9.90 Å². The van der Waals surface area contributed by atoms with Gasteiger partial charge < -0.3 is 14.7 Å². The van der Waals surface area contributed by atoms with Gasteiger partial charge in [0.2, 0.25) is 0 Å². The minimum Gasteiger partial charge on any atom is -0.496 e. The molecule has 0 aliphatic carbocycles. The summed E-state index contributed by atoms with van der Waals surface area (Å²) in [5, 5.41) is 9.88. The Kier molecular flexibility index (Phi) is 4.43. The first-order valence-electron chi connectivity index (χ1n) is 6.77. The number of rotatable bonds is 3. The van der Waals surface area contributed by atoms with Crippen molar-refractivity contribution in [3.05, 3.63) is 29.8 Å². The second kappa shape index (κ2) is 6.06. The molecule has 1 aromatic carbocycles. The van der Waals surface area contributed by atoms with Crippen molar-refractivity contribution in [3.8, 4) is 5.75 Å². The molecule has 1 fully saturated rings. The number of likely N-dealkylation sites (tertiary alicyclic amines) is 1. The van der Waals surface area contributed by atoms with Crippen LogP contribution in [0.5, 0.6) is 5.75 Å². The lowest BCUT2D eigenvalue weighted by molar-refractivity contribution is 0.0227. The van der Waals surface area contributed by atoms with Crippen molar-refractivity contribution < 1.29 is 14.6 Å². The van der Waals surface area contributed by atoms with Crippen LogP contribution in [0.4, 0.5) is 0 Å². The molecule has 0 aromatic heterocycles. The highest BCUT2D eigenvalue weighted by atomic mass is 16.5. The van der Waals surface area contributed by atoms with E-state index in [1.807, 2.05) is 24.0 Å². The zero-order valence-corrected chi connectivity index (χ0v) is 11.5. The van der Waals surface area contributed by atoms with Crippen LogP contribution in [0.15, 0.2) is 24.3 Å². The largest absolute Gasteiger partial charge is 0.496 e. The van der Waals surface area contributed by atoms with E-state index in [4.69, 9.17) is 4.74 Å². The van der Waals surface area contributed by atoms with Crippen molar-refractivity contribution >= 4 is 5.91 Å².